The molecule has 0 radical (unpaired) electrons. The molecule has 1 N–H and O–H groups in total. The zero-order chi connectivity index (χ0) is 30.5. The molecule has 0 saturated carbocycles. The molecule has 1 amide bonds. The zero-order valence-electron chi connectivity index (χ0n) is 23.6. The number of hydrogen-bond acceptors (Lipinski definition) is 7. The van der Waals surface area contributed by atoms with Gasteiger partial charge in [0, 0.05) is 5.56 Å². The second kappa shape index (κ2) is 12.7. The molecule has 2 aromatic rings. The molecule has 40 heavy (non-hydrogen) atoms. The van der Waals surface area contributed by atoms with E-state index in [4.69, 9.17) is 9.16 Å². The lowest BCUT2D eigenvalue weighted by Crippen LogP contribution is -2.48. The number of esters is 1. The zero-order valence-corrected chi connectivity index (χ0v) is 25.6. The van der Waals surface area contributed by atoms with Crippen LogP contribution in [-0.4, -0.2) is 47.5 Å². The number of benzene rings is 2. The Labute approximate surface area is 235 Å². The lowest BCUT2D eigenvalue weighted by molar-refractivity contribution is -0.0500. The van der Waals surface area contributed by atoms with Gasteiger partial charge in [0.25, 0.3) is 5.91 Å². The molecular formula is C27H36F3NO7SSi. The van der Waals surface area contributed by atoms with E-state index in [1.807, 2.05) is 20.8 Å². The molecule has 2 atom stereocenters. The summed E-state index contributed by atoms with van der Waals surface area (Å²) < 4.78 is 77.8. The fraction of sp³-hybridized carbons (Fsp3) is 0.481. The van der Waals surface area contributed by atoms with E-state index in [0.717, 1.165) is 18.2 Å². The average Bonchev–Trinajstić information content (AvgIpc) is 2.83. The van der Waals surface area contributed by atoms with E-state index in [1.165, 1.54) is 0 Å². The first-order valence-electron chi connectivity index (χ1n) is 12.5. The second-order valence-corrected chi connectivity index (χ2v) is 16.4. The third-order valence-electron chi connectivity index (χ3n) is 6.24. The van der Waals surface area contributed by atoms with Gasteiger partial charge < -0.3 is 18.7 Å². The number of amides is 1. The number of carbonyl (C=O) groups is 2. The second-order valence-electron chi connectivity index (χ2n) is 11.5. The van der Waals surface area contributed by atoms with Gasteiger partial charge in [0.1, 0.15) is 12.2 Å². The monoisotopic (exact) mass is 603 g/mol. The number of hydrogen-bond donors (Lipinski definition) is 1. The Kier molecular flexibility index (Phi) is 10.6. The first-order chi connectivity index (χ1) is 18.2. The summed E-state index contributed by atoms with van der Waals surface area (Å²) in [6.45, 7) is 14.0. The molecule has 0 aliphatic carbocycles. The van der Waals surface area contributed by atoms with Crippen LogP contribution in [0.5, 0.6) is 5.75 Å². The van der Waals surface area contributed by atoms with Crippen LogP contribution in [0.25, 0.3) is 0 Å². The first kappa shape index (κ1) is 33.3. The van der Waals surface area contributed by atoms with Crippen molar-refractivity contribution in [1.82, 2.24) is 5.32 Å². The van der Waals surface area contributed by atoms with Crippen molar-refractivity contribution in [3.05, 3.63) is 65.2 Å². The molecule has 0 bridgehead atoms. The minimum absolute atomic E-state index is 0.00591. The largest absolute Gasteiger partial charge is 0.534 e. The van der Waals surface area contributed by atoms with Crippen LogP contribution in [-0.2, 0) is 25.9 Å². The van der Waals surface area contributed by atoms with Crippen LogP contribution in [0.2, 0.25) is 11.6 Å². The number of nitrogens with one attached hydrogen (secondary N) is 1. The van der Waals surface area contributed by atoms with Crippen molar-refractivity contribution in [2.45, 2.75) is 71.3 Å². The number of alkyl halides is 3. The van der Waals surface area contributed by atoms with E-state index in [1.54, 1.807) is 30.3 Å². The molecule has 13 heteroatoms. The van der Waals surface area contributed by atoms with Crippen LogP contribution in [0.4, 0.5) is 13.2 Å². The highest BCUT2D eigenvalue weighted by Crippen LogP contribution is 2.31. The van der Waals surface area contributed by atoms with Crippen LogP contribution < -0.4 is 9.50 Å². The lowest BCUT2D eigenvalue weighted by Gasteiger charge is -2.34. The van der Waals surface area contributed by atoms with E-state index in [9.17, 15) is 31.2 Å². The third-order valence-corrected chi connectivity index (χ3v) is 10.3. The molecule has 1 unspecified atom stereocenters. The minimum Gasteiger partial charge on any atom is -0.457 e. The molecule has 222 valence electrons. The summed E-state index contributed by atoms with van der Waals surface area (Å²) in [6, 6.07) is 10.8. The molecule has 0 aliphatic rings. The Balaban J connectivity index is 2.37. The quantitative estimate of drug-likeness (QED) is 0.163. The Morgan fingerprint density at radius 2 is 1.57 bits per heavy atom. The van der Waals surface area contributed by atoms with Gasteiger partial charge in [-0.2, -0.15) is 21.6 Å². The summed E-state index contributed by atoms with van der Waals surface area (Å²) in [7, 11) is -7.71. The van der Waals surface area contributed by atoms with Crippen LogP contribution in [0.15, 0.2) is 48.5 Å². The lowest BCUT2D eigenvalue weighted by atomic mass is 9.87. The van der Waals surface area contributed by atoms with E-state index in [0.29, 0.717) is 5.56 Å². The highest BCUT2D eigenvalue weighted by molar-refractivity contribution is 7.88. The Morgan fingerprint density at radius 1 is 0.975 bits per heavy atom. The highest BCUT2D eigenvalue weighted by atomic mass is 32.2. The van der Waals surface area contributed by atoms with Gasteiger partial charge in [-0.25, -0.2) is 4.79 Å². The maximum atomic E-state index is 13.2. The summed E-state index contributed by atoms with van der Waals surface area (Å²) >= 11 is 0. The summed E-state index contributed by atoms with van der Waals surface area (Å²) in [6.07, 6.45) is 0. The van der Waals surface area contributed by atoms with Crippen molar-refractivity contribution in [2.24, 2.45) is 5.41 Å². The van der Waals surface area contributed by atoms with E-state index >= 15 is 0 Å². The summed E-state index contributed by atoms with van der Waals surface area (Å²) in [4.78, 5) is 26.1. The molecule has 0 saturated heterocycles. The Bertz CT molecular complexity index is 1290. The average molecular weight is 604 g/mol. The Morgan fingerprint density at radius 3 is 2.10 bits per heavy atom. The van der Waals surface area contributed by atoms with Gasteiger partial charge in [-0.3, -0.25) is 4.79 Å². The summed E-state index contributed by atoms with van der Waals surface area (Å²) in [5.74, 6) is -2.74. The summed E-state index contributed by atoms with van der Waals surface area (Å²) in [5.41, 5.74) is -6.35. The van der Waals surface area contributed by atoms with E-state index < -0.39 is 59.3 Å². The van der Waals surface area contributed by atoms with Crippen LogP contribution in [0.1, 0.15) is 67.8 Å². The SMILES string of the molecule is C[SiH](OC[C@H](NC(=O)c1ccc(OS(=O)(=O)C(F)(F)F)c(C(=O)OCc2ccccc2)c1)C(C)(C)C)C(C)(C)C. The predicted molar refractivity (Wildman–Crippen MR) is 147 cm³/mol. The van der Waals surface area contributed by atoms with Crippen molar-refractivity contribution in [3.63, 3.8) is 0 Å². The molecule has 2 aromatic carbocycles. The molecule has 0 aromatic heterocycles. The standard InChI is InChI=1S/C27H36F3NO7SSi/c1-25(2,3)22(17-37-40(7)26(4,5)6)31-23(32)19-13-14-21(38-39(34,35)27(28,29)30)20(15-19)24(33)36-16-18-11-9-8-10-12-18/h8-15,22,40H,16-17H2,1-7H3,(H,31,32)/t22-,40?/m0/s1. The van der Waals surface area contributed by atoms with E-state index in [-0.39, 0.29) is 23.8 Å². The number of carbonyl (C=O) groups excluding carboxylic acids is 2. The first-order valence-corrected chi connectivity index (χ1v) is 16.1. The fourth-order valence-corrected chi connectivity index (χ4v) is 4.57. The van der Waals surface area contributed by atoms with Gasteiger partial charge >= 0.3 is 21.6 Å². The van der Waals surface area contributed by atoms with Crippen LogP contribution in [0.3, 0.4) is 0 Å². The maximum Gasteiger partial charge on any atom is 0.534 e. The Hall–Kier alpha value is -2.90. The van der Waals surface area contributed by atoms with Crippen molar-refractivity contribution >= 4 is 31.0 Å². The van der Waals surface area contributed by atoms with E-state index in [2.05, 4.69) is 36.8 Å². The fourth-order valence-electron chi connectivity index (χ4n) is 3.11. The van der Waals surface area contributed by atoms with Crippen LogP contribution >= 0.6 is 0 Å². The number of ether oxygens (including phenoxy) is 1. The van der Waals surface area contributed by atoms with Gasteiger partial charge in [-0.1, -0.05) is 71.9 Å². The topological polar surface area (TPSA) is 108 Å². The third kappa shape index (κ3) is 9.34. The molecule has 0 spiro atoms. The molecule has 8 nitrogen and oxygen atoms in total. The molecule has 2 rings (SSSR count). The van der Waals surface area contributed by atoms with Crippen LogP contribution in [0, 0.1) is 5.41 Å². The predicted octanol–water partition coefficient (Wildman–Crippen LogP) is 5.59. The number of halogens is 3. The number of rotatable bonds is 10. The van der Waals surface area contributed by atoms with Gasteiger partial charge in [-0.05, 0) is 40.8 Å². The van der Waals surface area contributed by atoms with Gasteiger partial charge in [0.05, 0.1) is 12.6 Å². The smallest absolute Gasteiger partial charge is 0.457 e. The van der Waals surface area contributed by atoms with Gasteiger partial charge in [0.15, 0.2) is 14.8 Å². The molecule has 0 heterocycles. The van der Waals surface area contributed by atoms with Crippen molar-refractivity contribution < 1.29 is 44.5 Å². The molecular weight excluding hydrogens is 567 g/mol. The minimum atomic E-state index is -6.09. The van der Waals surface area contributed by atoms with Crippen molar-refractivity contribution in [2.75, 3.05) is 6.61 Å². The normalized spacial score (nSPS) is 14.2. The molecule has 0 aliphatic heterocycles. The van der Waals surface area contributed by atoms with Crippen molar-refractivity contribution in [3.8, 4) is 5.75 Å². The highest BCUT2D eigenvalue weighted by Gasteiger charge is 2.49. The van der Waals surface area contributed by atoms with Gasteiger partial charge in [-0.15, -0.1) is 0 Å². The van der Waals surface area contributed by atoms with Gasteiger partial charge in [0.2, 0.25) is 0 Å². The van der Waals surface area contributed by atoms with Crippen molar-refractivity contribution in [1.29, 1.82) is 0 Å². The summed E-state index contributed by atoms with van der Waals surface area (Å²) in [5, 5.41) is 2.86. The molecule has 0 fully saturated rings. The maximum absolute atomic E-state index is 13.2.